The fourth-order valence-corrected chi connectivity index (χ4v) is 3.95. The first-order valence-electron chi connectivity index (χ1n) is 10.8. The van der Waals surface area contributed by atoms with Gasteiger partial charge in [-0.25, -0.2) is 9.97 Å². The number of aromatic nitrogens is 4. The number of benzene rings is 1. The molecule has 3 aromatic heterocycles. The second-order valence-corrected chi connectivity index (χ2v) is 7.82. The zero-order valence-electron chi connectivity index (χ0n) is 19.7. The van der Waals surface area contributed by atoms with Crippen LogP contribution >= 0.6 is 0 Å². The lowest BCUT2D eigenvalue weighted by molar-refractivity contribution is -0.118. The highest BCUT2D eigenvalue weighted by atomic mass is 16.5. The molecule has 0 bridgehead atoms. The monoisotopic (exact) mass is 462 g/mol. The van der Waals surface area contributed by atoms with Crippen LogP contribution in [0.2, 0.25) is 0 Å². The van der Waals surface area contributed by atoms with Gasteiger partial charge in [0.1, 0.15) is 17.0 Å². The number of nitrogens with one attached hydrogen (secondary N) is 2. The molecule has 1 atom stereocenters. The number of carbonyl (C=O) groups is 1. The van der Waals surface area contributed by atoms with Gasteiger partial charge in [0, 0.05) is 12.6 Å². The Bertz CT molecular complexity index is 1410. The van der Waals surface area contributed by atoms with Crippen LogP contribution in [0, 0.1) is 13.8 Å². The normalized spacial score (nSPS) is 11.9. The lowest BCUT2D eigenvalue weighted by Crippen LogP contribution is -2.32. The Morgan fingerprint density at radius 1 is 1.18 bits per heavy atom. The number of nitrogens with zero attached hydrogens (tertiary/aromatic N) is 4. The van der Waals surface area contributed by atoms with E-state index in [9.17, 15) is 9.59 Å². The van der Waals surface area contributed by atoms with E-state index in [4.69, 9.17) is 14.2 Å². The molecule has 0 fully saturated rings. The van der Waals surface area contributed by atoms with E-state index in [-0.39, 0.29) is 18.3 Å². The number of hydrogen-bond donors (Lipinski definition) is 2. The molecule has 4 rings (SSSR count). The van der Waals surface area contributed by atoms with Gasteiger partial charge in [-0.3, -0.25) is 14.2 Å². The summed E-state index contributed by atoms with van der Waals surface area (Å²) >= 11 is 0. The Morgan fingerprint density at radius 2 is 1.94 bits per heavy atom. The standard InChI is InChI=1S/C24H26N6O4/c1-13-21(15(3)34-29-13)17-10-11-18-23(28-17)30(14(2)16-8-6-7-9-19(16)33-5)24(32)22(27-18)26-12-20(31)25-4/h6-11,14H,12H2,1-5H3,(H,25,31)(H,26,27)/t14-/m0/s1. The van der Waals surface area contributed by atoms with Gasteiger partial charge in [0.05, 0.1) is 36.6 Å². The van der Waals surface area contributed by atoms with E-state index in [2.05, 4.69) is 20.8 Å². The van der Waals surface area contributed by atoms with E-state index in [1.165, 1.54) is 7.05 Å². The smallest absolute Gasteiger partial charge is 0.295 e. The van der Waals surface area contributed by atoms with Crippen molar-refractivity contribution in [2.75, 3.05) is 26.0 Å². The van der Waals surface area contributed by atoms with Gasteiger partial charge < -0.3 is 19.9 Å². The first-order valence-corrected chi connectivity index (χ1v) is 10.8. The van der Waals surface area contributed by atoms with Crippen LogP contribution in [-0.4, -0.2) is 46.3 Å². The lowest BCUT2D eigenvalue weighted by atomic mass is 10.1. The molecular weight excluding hydrogens is 436 g/mol. The fraction of sp³-hybridized carbons (Fsp3) is 0.292. The number of pyridine rings is 1. The Kier molecular flexibility index (Phi) is 6.31. The summed E-state index contributed by atoms with van der Waals surface area (Å²) in [5.74, 6) is 1.07. The molecule has 10 heteroatoms. The third kappa shape index (κ3) is 4.09. The van der Waals surface area contributed by atoms with Gasteiger partial charge in [-0.1, -0.05) is 23.4 Å². The van der Waals surface area contributed by atoms with E-state index in [1.54, 1.807) is 17.7 Å². The third-order valence-corrected chi connectivity index (χ3v) is 5.70. The summed E-state index contributed by atoms with van der Waals surface area (Å²) < 4.78 is 12.4. The number of methoxy groups -OCH3 is 1. The topological polar surface area (TPSA) is 124 Å². The zero-order valence-corrected chi connectivity index (χ0v) is 19.7. The van der Waals surface area contributed by atoms with Crippen molar-refractivity contribution in [3.63, 3.8) is 0 Å². The molecule has 0 radical (unpaired) electrons. The van der Waals surface area contributed by atoms with Crippen LogP contribution in [0.3, 0.4) is 0 Å². The molecule has 0 aliphatic heterocycles. The molecule has 1 amide bonds. The second kappa shape index (κ2) is 9.34. The Hall–Kier alpha value is -4.21. The SMILES string of the molecule is CNC(=O)CNc1nc2ccc(-c3c(C)noc3C)nc2n([C@@H](C)c2ccccc2OC)c1=O. The van der Waals surface area contributed by atoms with Gasteiger partial charge in [0.2, 0.25) is 5.91 Å². The summed E-state index contributed by atoms with van der Waals surface area (Å²) in [6.45, 7) is 5.46. The van der Waals surface area contributed by atoms with Crippen LogP contribution in [0.5, 0.6) is 5.75 Å². The molecule has 0 saturated carbocycles. The minimum Gasteiger partial charge on any atom is -0.496 e. The van der Waals surface area contributed by atoms with Crippen molar-refractivity contribution in [3.05, 3.63) is 63.8 Å². The number of fused-ring (bicyclic) bond motifs is 1. The van der Waals surface area contributed by atoms with Crippen LogP contribution in [0.1, 0.15) is 30.0 Å². The number of ether oxygens (including phenoxy) is 1. The first-order chi connectivity index (χ1) is 16.3. The highest BCUT2D eigenvalue weighted by Crippen LogP contribution is 2.31. The summed E-state index contributed by atoms with van der Waals surface area (Å²) in [7, 11) is 3.11. The minimum absolute atomic E-state index is 0.0599. The molecule has 2 N–H and O–H groups in total. The van der Waals surface area contributed by atoms with Crippen LogP contribution in [0.4, 0.5) is 5.82 Å². The maximum Gasteiger partial charge on any atom is 0.295 e. The maximum atomic E-state index is 13.6. The predicted octanol–water partition coefficient (Wildman–Crippen LogP) is 2.84. The highest BCUT2D eigenvalue weighted by molar-refractivity contribution is 5.81. The van der Waals surface area contributed by atoms with Gasteiger partial charge in [-0.2, -0.15) is 0 Å². The third-order valence-electron chi connectivity index (χ3n) is 5.70. The van der Waals surface area contributed by atoms with Crippen LogP contribution < -0.4 is 20.9 Å². The van der Waals surface area contributed by atoms with E-state index >= 15 is 0 Å². The van der Waals surface area contributed by atoms with Crippen molar-refractivity contribution < 1.29 is 14.1 Å². The average molecular weight is 463 g/mol. The molecule has 0 unspecified atom stereocenters. The number of aryl methyl sites for hydroxylation is 2. The molecule has 0 aliphatic carbocycles. The molecular formula is C24H26N6O4. The van der Waals surface area contributed by atoms with Gasteiger partial charge in [0.15, 0.2) is 11.5 Å². The molecule has 4 aromatic rings. The number of amides is 1. The van der Waals surface area contributed by atoms with Crippen LogP contribution in [-0.2, 0) is 4.79 Å². The molecule has 0 saturated heterocycles. The molecule has 0 spiro atoms. The molecule has 1 aromatic carbocycles. The van der Waals surface area contributed by atoms with Gasteiger partial charge in [-0.05, 0) is 39.0 Å². The molecule has 10 nitrogen and oxygen atoms in total. The minimum atomic E-state index is -0.442. The Balaban J connectivity index is 1.96. The van der Waals surface area contributed by atoms with Crippen molar-refractivity contribution >= 4 is 22.9 Å². The van der Waals surface area contributed by atoms with Crippen LogP contribution in [0.25, 0.3) is 22.4 Å². The highest BCUT2D eigenvalue weighted by Gasteiger charge is 2.22. The van der Waals surface area contributed by atoms with E-state index in [0.717, 1.165) is 11.1 Å². The van der Waals surface area contributed by atoms with Crippen molar-refractivity contribution in [1.29, 1.82) is 0 Å². The predicted molar refractivity (Wildman–Crippen MR) is 128 cm³/mol. The number of rotatable bonds is 7. The van der Waals surface area contributed by atoms with Crippen molar-refractivity contribution in [2.45, 2.75) is 26.8 Å². The number of likely N-dealkylation sites (N-methyl/N-ethyl adjacent to an activating group) is 1. The van der Waals surface area contributed by atoms with Gasteiger partial charge in [-0.15, -0.1) is 0 Å². The van der Waals surface area contributed by atoms with Gasteiger partial charge in [0.25, 0.3) is 5.56 Å². The quantitative estimate of drug-likeness (QED) is 0.430. The van der Waals surface area contributed by atoms with Crippen LogP contribution in [0.15, 0.2) is 45.7 Å². The molecule has 3 heterocycles. The Labute approximate surface area is 196 Å². The molecule has 34 heavy (non-hydrogen) atoms. The largest absolute Gasteiger partial charge is 0.496 e. The summed E-state index contributed by atoms with van der Waals surface area (Å²) in [5, 5.41) is 9.39. The average Bonchev–Trinajstić information content (AvgIpc) is 3.19. The number of para-hydroxylation sites is 1. The summed E-state index contributed by atoms with van der Waals surface area (Å²) in [4.78, 5) is 34.7. The summed E-state index contributed by atoms with van der Waals surface area (Å²) in [6.07, 6.45) is 0. The summed E-state index contributed by atoms with van der Waals surface area (Å²) in [6, 6.07) is 10.7. The molecule has 0 aliphatic rings. The van der Waals surface area contributed by atoms with Gasteiger partial charge >= 0.3 is 0 Å². The van der Waals surface area contributed by atoms with E-state index < -0.39 is 11.6 Å². The van der Waals surface area contributed by atoms with Crippen molar-refractivity contribution in [2.24, 2.45) is 0 Å². The first kappa shape index (κ1) is 23.0. The number of carbonyl (C=O) groups excluding carboxylic acids is 1. The molecule has 176 valence electrons. The van der Waals surface area contributed by atoms with E-state index in [1.807, 2.05) is 51.1 Å². The second-order valence-electron chi connectivity index (χ2n) is 7.82. The number of hydrogen-bond acceptors (Lipinski definition) is 8. The van der Waals surface area contributed by atoms with E-state index in [0.29, 0.717) is 34.1 Å². The van der Waals surface area contributed by atoms with Crippen molar-refractivity contribution in [1.82, 2.24) is 25.0 Å². The summed E-state index contributed by atoms with van der Waals surface area (Å²) in [5.41, 5.74) is 3.39. The maximum absolute atomic E-state index is 13.6. The van der Waals surface area contributed by atoms with Crippen molar-refractivity contribution in [3.8, 4) is 17.0 Å². The zero-order chi connectivity index (χ0) is 24.4. The fourth-order valence-electron chi connectivity index (χ4n) is 3.95. The Morgan fingerprint density at radius 3 is 2.62 bits per heavy atom. The lowest BCUT2D eigenvalue weighted by Gasteiger charge is -2.21. The number of anilines is 1.